The lowest BCUT2D eigenvalue weighted by Crippen LogP contribution is -2.37. The van der Waals surface area contributed by atoms with Crippen LogP contribution in [-0.2, 0) is 4.74 Å². The van der Waals surface area contributed by atoms with Crippen molar-refractivity contribution in [1.29, 1.82) is 0 Å². The van der Waals surface area contributed by atoms with Crippen molar-refractivity contribution in [3.8, 4) is 22.6 Å². The molecule has 3 N–H and O–H groups in total. The summed E-state index contributed by atoms with van der Waals surface area (Å²) in [7, 11) is 0. The monoisotopic (exact) mass is 459 g/mol. The number of anilines is 3. The maximum Gasteiger partial charge on any atom is 0.163 e. The van der Waals surface area contributed by atoms with E-state index in [4.69, 9.17) is 25.4 Å². The molecule has 9 heteroatoms. The lowest BCUT2D eigenvalue weighted by molar-refractivity contribution is 0.122. The van der Waals surface area contributed by atoms with E-state index in [2.05, 4.69) is 29.0 Å². The Morgan fingerprint density at radius 3 is 2.59 bits per heavy atom. The van der Waals surface area contributed by atoms with Gasteiger partial charge in [-0.25, -0.2) is 24.3 Å². The number of hydrogen-bond donors (Lipinski definition) is 2. The molecule has 4 heterocycles. The fourth-order valence-electron chi connectivity index (χ4n) is 3.93. The molecule has 0 aliphatic carbocycles. The van der Waals surface area contributed by atoms with E-state index in [9.17, 15) is 4.39 Å². The molecule has 34 heavy (non-hydrogen) atoms. The second-order valence-corrected chi connectivity index (χ2v) is 8.47. The fraction of sp³-hybridized carbons (Fsp3) is 0.280. The highest BCUT2D eigenvalue weighted by Crippen LogP contribution is 2.31. The minimum absolute atomic E-state index is 0.0855. The molecule has 0 bridgehead atoms. The number of nitrogens with one attached hydrogen (secondary N) is 1. The number of ether oxygens (including phenoxy) is 1. The lowest BCUT2D eigenvalue weighted by Gasteiger charge is -2.28. The van der Waals surface area contributed by atoms with Gasteiger partial charge in [-0.05, 0) is 50.2 Å². The SMILES string of the molecule is CC(C)Nc1ccc(-c2nc(N3CCOCC3)c3nc(-c4cccc(N)c4F)ccc3n2)cn1. The number of morpholine rings is 1. The molecule has 0 spiro atoms. The number of pyridine rings is 2. The van der Waals surface area contributed by atoms with Gasteiger partial charge in [-0.2, -0.15) is 0 Å². The zero-order valence-electron chi connectivity index (χ0n) is 19.1. The fourth-order valence-corrected chi connectivity index (χ4v) is 3.93. The molecule has 1 aromatic carbocycles. The number of nitrogens with two attached hydrogens (primary N) is 1. The highest BCUT2D eigenvalue weighted by atomic mass is 19.1. The van der Waals surface area contributed by atoms with Crippen molar-refractivity contribution in [3.05, 3.63) is 54.5 Å². The number of aromatic nitrogens is 4. The van der Waals surface area contributed by atoms with Crippen LogP contribution >= 0.6 is 0 Å². The Hall–Kier alpha value is -3.85. The summed E-state index contributed by atoms with van der Waals surface area (Å²) < 4.78 is 20.2. The number of rotatable bonds is 5. The van der Waals surface area contributed by atoms with E-state index in [0.717, 1.165) is 11.4 Å². The van der Waals surface area contributed by atoms with Crippen LogP contribution in [-0.4, -0.2) is 52.3 Å². The zero-order chi connectivity index (χ0) is 23.7. The molecule has 0 radical (unpaired) electrons. The summed E-state index contributed by atoms with van der Waals surface area (Å²) >= 11 is 0. The third kappa shape index (κ3) is 4.34. The number of hydrogen-bond acceptors (Lipinski definition) is 8. The van der Waals surface area contributed by atoms with Crippen LogP contribution in [0.5, 0.6) is 0 Å². The van der Waals surface area contributed by atoms with Gasteiger partial charge in [-0.1, -0.05) is 6.07 Å². The summed E-state index contributed by atoms with van der Waals surface area (Å²) in [6.45, 7) is 6.68. The maximum atomic E-state index is 14.7. The summed E-state index contributed by atoms with van der Waals surface area (Å²) in [5.74, 6) is 1.56. The van der Waals surface area contributed by atoms with Crippen LogP contribution in [0.4, 0.5) is 21.7 Å². The minimum atomic E-state index is -0.485. The first-order chi connectivity index (χ1) is 16.5. The van der Waals surface area contributed by atoms with Crippen LogP contribution in [0.1, 0.15) is 13.8 Å². The molecule has 0 unspecified atom stereocenters. The summed E-state index contributed by atoms with van der Waals surface area (Å²) in [5, 5.41) is 3.28. The predicted octanol–water partition coefficient (Wildman–Crippen LogP) is 4.13. The molecule has 1 aliphatic heterocycles. The summed E-state index contributed by atoms with van der Waals surface area (Å²) in [6, 6.07) is 12.7. The van der Waals surface area contributed by atoms with Crippen LogP contribution in [0.15, 0.2) is 48.7 Å². The molecule has 8 nitrogen and oxygen atoms in total. The van der Waals surface area contributed by atoms with Crippen molar-refractivity contribution in [2.24, 2.45) is 0 Å². The van der Waals surface area contributed by atoms with Gasteiger partial charge < -0.3 is 20.7 Å². The molecule has 0 amide bonds. The van der Waals surface area contributed by atoms with E-state index in [1.807, 2.05) is 18.2 Å². The third-order valence-corrected chi connectivity index (χ3v) is 5.60. The molecular weight excluding hydrogens is 433 g/mol. The molecule has 1 fully saturated rings. The van der Waals surface area contributed by atoms with E-state index < -0.39 is 5.82 Å². The molecule has 1 saturated heterocycles. The van der Waals surface area contributed by atoms with Crippen LogP contribution in [0.3, 0.4) is 0 Å². The topological polar surface area (TPSA) is 102 Å². The molecular formula is C25H26FN7O. The first-order valence-electron chi connectivity index (χ1n) is 11.3. The number of nitrogens with zero attached hydrogens (tertiary/aromatic N) is 5. The van der Waals surface area contributed by atoms with Crippen molar-refractivity contribution < 1.29 is 9.13 Å². The molecule has 1 aliphatic rings. The van der Waals surface area contributed by atoms with Crippen LogP contribution < -0.4 is 16.0 Å². The quantitative estimate of drug-likeness (QED) is 0.430. The Morgan fingerprint density at radius 1 is 1.03 bits per heavy atom. The average molecular weight is 460 g/mol. The lowest BCUT2D eigenvalue weighted by atomic mass is 10.1. The second-order valence-electron chi connectivity index (χ2n) is 8.47. The van der Waals surface area contributed by atoms with Gasteiger partial charge in [-0.15, -0.1) is 0 Å². The van der Waals surface area contributed by atoms with Gasteiger partial charge >= 0.3 is 0 Å². The van der Waals surface area contributed by atoms with E-state index >= 15 is 0 Å². The Labute approximate surface area is 197 Å². The Bertz CT molecular complexity index is 1320. The van der Waals surface area contributed by atoms with Gasteiger partial charge in [0.2, 0.25) is 0 Å². The van der Waals surface area contributed by atoms with Crippen molar-refractivity contribution in [2.75, 3.05) is 42.3 Å². The van der Waals surface area contributed by atoms with Crippen molar-refractivity contribution in [2.45, 2.75) is 19.9 Å². The van der Waals surface area contributed by atoms with Crippen molar-refractivity contribution in [3.63, 3.8) is 0 Å². The molecule has 3 aromatic heterocycles. The molecule has 0 saturated carbocycles. The summed E-state index contributed by atoms with van der Waals surface area (Å²) in [4.78, 5) is 21.0. The normalized spacial score (nSPS) is 14.1. The molecule has 4 aromatic rings. The van der Waals surface area contributed by atoms with E-state index in [0.29, 0.717) is 60.2 Å². The summed E-state index contributed by atoms with van der Waals surface area (Å²) in [5.41, 5.74) is 8.77. The number of fused-ring (bicyclic) bond motifs is 1. The first-order valence-corrected chi connectivity index (χ1v) is 11.3. The highest BCUT2D eigenvalue weighted by Gasteiger charge is 2.20. The van der Waals surface area contributed by atoms with Gasteiger partial charge in [0.1, 0.15) is 11.3 Å². The molecule has 174 valence electrons. The van der Waals surface area contributed by atoms with Crippen LogP contribution in [0, 0.1) is 5.82 Å². The van der Waals surface area contributed by atoms with Crippen molar-refractivity contribution >= 4 is 28.4 Å². The number of halogens is 1. The van der Waals surface area contributed by atoms with Crippen LogP contribution in [0.2, 0.25) is 0 Å². The summed E-state index contributed by atoms with van der Waals surface area (Å²) in [6.07, 6.45) is 1.76. The molecule has 5 rings (SSSR count). The number of nitrogen functional groups attached to an aromatic ring is 1. The smallest absolute Gasteiger partial charge is 0.163 e. The number of benzene rings is 1. The van der Waals surface area contributed by atoms with Gasteiger partial charge in [0.25, 0.3) is 0 Å². The Balaban J connectivity index is 1.62. The zero-order valence-corrected chi connectivity index (χ0v) is 19.1. The molecule has 0 atom stereocenters. The van der Waals surface area contributed by atoms with E-state index in [1.54, 1.807) is 24.4 Å². The van der Waals surface area contributed by atoms with Gasteiger partial charge in [0, 0.05) is 36.5 Å². The average Bonchev–Trinajstić information content (AvgIpc) is 2.85. The van der Waals surface area contributed by atoms with E-state index in [-0.39, 0.29) is 11.7 Å². The van der Waals surface area contributed by atoms with Crippen LogP contribution in [0.25, 0.3) is 33.7 Å². The highest BCUT2D eigenvalue weighted by molar-refractivity contribution is 5.89. The largest absolute Gasteiger partial charge is 0.396 e. The second kappa shape index (κ2) is 9.18. The van der Waals surface area contributed by atoms with Gasteiger partial charge in [0.05, 0.1) is 30.1 Å². The third-order valence-electron chi connectivity index (χ3n) is 5.60. The Morgan fingerprint density at radius 2 is 1.85 bits per heavy atom. The predicted molar refractivity (Wildman–Crippen MR) is 132 cm³/mol. The Kier molecular flexibility index (Phi) is 5.93. The van der Waals surface area contributed by atoms with E-state index in [1.165, 1.54) is 6.07 Å². The first kappa shape index (κ1) is 22.0. The van der Waals surface area contributed by atoms with Gasteiger partial charge in [-0.3, -0.25) is 0 Å². The van der Waals surface area contributed by atoms with Gasteiger partial charge in [0.15, 0.2) is 17.5 Å². The standard InChI is InChI=1S/C25H26FN7O/c1-15(2)29-21-9-6-16(14-28-21)24-31-20-8-7-19(17-4-3-5-18(27)22(17)26)30-23(20)25(32-24)33-10-12-34-13-11-33/h3-9,14-15H,10-13,27H2,1-2H3,(H,28,29). The maximum absolute atomic E-state index is 14.7. The van der Waals surface area contributed by atoms with Crippen molar-refractivity contribution in [1.82, 2.24) is 19.9 Å². The minimum Gasteiger partial charge on any atom is -0.396 e.